The zero-order valence-corrected chi connectivity index (χ0v) is 17.7. The molecule has 1 amide bonds. The Kier molecular flexibility index (Phi) is 5.63. The summed E-state index contributed by atoms with van der Waals surface area (Å²) in [6.45, 7) is 3.18. The van der Waals surface area contributed by atoms with E-state index in [1.807, 2.05) is 48.2 Å². The lowest BCUT2D eigenvalue weighted by Gasteiger charge is -2.26. The number of benzene rings is 2. The molecule has 0 radical (unpaired) electrons. The molecule has 150 valence electrons. The molecule has 0 fully saturated rings. The third-order valence-electron chi connectivity index (χ3n) is 5.20. The number of nitrogens with zero attached hydrogens (tertiary/aromatic N) is 2. The topological polar surface area (TPSA) is 58.2 Å². The highest BCUT2D eigenvalue weighted by molar-refractivity contribution is 6.42. The van der Waals surface area contributed by atoms with Gasteiger partial charge in [0.2, 0.25) is 0 Å². The standard InChI is InChI=1S/C22H21Cl2N3O2/c1-13-4-6-14(7-5-13)19-18-20(26-25-19)22(28)27(10-3-11-29-2)21(18)15-8-9-16(23)17(24)12-15/h4-9,12,21H,3,10-11H2,1-2H3,(H,25,26). The van der Waals surface area contributed by atoms with Crippen molar-refractivity contribution in [1.82, 2.24) is 15.1 Å². The molecule has 0 saturated carbocycles. The number of aryl methyl sites for hydroxylation is 1. The maximum atomic E-state index is 13.2. The van der Waals surface area contributed by atoms with Gasteiger partial charge in [0, 0.05) is 31.4 Å². The van der Waals surface area contributed by atoms with Gasteiger partial charge in [-0.05, 0) is 31.0 Å². The van der Waals surface area contributed by atoms with Gasteiger partial charge in [0.05, 0.1) is 21.8 Å². The normalized spacial score (nSPS) is 15.8. The van der Waals surface area contributed by atoms with Crippen LogP contribution in [0, 0.1) is 6.92 Å². The fourth-order valence-corrected chi connectivity index (χ4v) is 4.07. The molecule has 0 saturated heterocycles. The molecule has 4 rings (SSSR count). The SMILES string of the molecule is COCCCN1C(=O)c2[nH]nc(-c3ccc(C)cc3)c2C1c1ccc(Cl)c(Cl)c1. The molecule has 1 atom stereocenters. The van der Waals surface area contributed by atoms with Crippen LogP contribution in [0.3, 0.4) is 0 Å². The summed E-state index contributed by atoms with van der Waals surface area (Å²) in [4.78, 5) is 15.0. The van der Waals surface area contributed by atoms with Crippen molar-refractivity contribution in [3.8, 4) is 11.3 Å². The molecule has 0 spiro atoms. The average molecular weight is 430 g/mol. The minimum atomic E-state index is -0.292. The lowest BCUT2D eigenvalue weighted by molar-refractivity contribution is 0.0723. The maximum absolute atomic E-state index is 13.2. The van der Waals surface area contributed by atoms with Crippen LogP contribution in [0.4, 0.5) is 0 Å². The number of aromatic amines is 1. The number of hydrogen-bond acceptors (Lipinski definition) is 3. The largest absolute Gasteiger partial charge is 0.385 e. The molecule has 29 heavy (non-hydrogen) atoms. The molecule has 5 nitrogen and oxygen atoms in total. The van der Waals surface area contributed by atoms with Gasteiger partial charge < -0.3 is 9.64 Å². The first kappa shape index (κ1) is 20.0. The van der Waals surface area contributed by atoms with Gasteiger partial charge >= 0.3 is 0 Å². The molecule has 1 unspecified atom stereocenters. The number of aromatic nitrogens is 2. The van der Waals surface area contributed by atoms with Crippen LogP contribution in [0.15, 0.2) is 42.5 Å². The van der Waals surface area contributed by atoms with Gasteiger partial charge in [0.25, 0.3) is 5.91 Å². The summed E-state index contributed by atoms with van der Waals surface area (Å²) in [5, 5.41) is 8.39. The van der Waals surface area contributed by atoms with Crippen molar-refractivity contribution in [2.45, 2.75) is 19.4 Å². The van der Waals surface area contributed by atoms with E-state index in [0.29, 0.717) is 28.9 Å². The van der Waals surface area contributed by atoms with Gasteiger partial charge in [-0.3, -0.25) is 9.89 Å². The number of H-pyrrole nitrogens is 1. The van der Waals surface area contributed by atoms with E-state index >= 15 is 0 Å². The van der Waals surface area contributed by atoms with Gasteiger partial charge in [-0.15, -0.1) is 0 Å². The first-order valence-corrected chi connectivity index (χ1v) is 10.2. The predicted molar refractivity (Wildman–Crippen MR) is 115 cm³/mol. The second-order valence-corrected chi connectivity index (χ2v) is 7.96. The van der Waals surface area contributed by atoms with Gasteiger partial charge in [-0.1, -0.05) is 59.1 Å². The van der Waals surface area contributed by atoms with E-state index in [2.05, 4.69) is 10.2 Å². The monoisotopic (exact) mass is 429 g/mol. The van der Waals surface area contributed by atoms with Crippen molar-refractivity contribution in [2.75, 3.05) is 20.3 Å². The molecule has 3 aromatic rings. The van der Waals surface area contributed by atoms with E-state index in [4.69, 9.17) is 27.9 Å². The summed E-state index contributed by atoms with van der Waals surface area (Å²) < 4.78 is 5.18. The number of nitrogens with one attached hydrogen (secondary N) is 1. The molecule has 1 N–H and O–H groups in total. The highest BCUT2D eigenvalue weighted by atomic mass is 35.5. The van der Waals surface area contributed by atoms with Crippen LogP contribution >= 0.6 is 23.2 Å². The predicted octanol–water partition coefficient (Wildman–Crippen LogP) is 5.27. The Bertz CT molecular complexity index is 1050. The summed E-state index contributed by atoms with van der Waals surface area (Å²) in [7, 11) is 1.66. The van der Waals surface area contributed by atoms with Crippen molar-refractivity contribution in [3.63, 3.8) is 0 Å². The van der Waals surface area contributed by atoms with Crippen molar-refractivity contribution < 1.29 is 9.53 Å². The van der Waals surface area contributed by atoms with Crippen LogP contribution in [0.25, 0.3) is 11.3 Å². The molecular weight excluding hydrogens is 409 g/mol. The van der Waals surface area contributed by atoms with Crippen LogP contribution in [0.1, 0.15) is 39.6 Å². The zero-order valence-electron chi connectivity index (χ0n) is 16.2. The number of methoxy groups -OCH3 is 1. The molecule has 0 bridgehead atoms. The Balaban J connectivity index is 1.83. The number of rotatable bonds is 6. The van der Waals surface area contributed by atoms with Crippen LogP contribution in [0.5, 0.6) is 0 Å². The maximum Gasteiger partial charge on any atom is 0.273 e. The smallest absolute Gasteiger partial charge is 0.273 e. The molecular formula is C22H21Cl2N3O2. The number of ether oxygens (including phenoxy) is 1. The van der Waals surface area contributed by atoms with Crippen LogP contribution < -0.4 is 0 Å². The zero-order chi connectivity index (χ0) is 20.5. The summed E-state index contributed by atoms with van der Waals surface area (Å²) in [6.07, 6.45) is 0.734. The van der Waals surface area contributed by atoms with E-state index in [9.17, 15) is 4.79 Å². The van der Waals surface area contributed by atoms with E-state index in [-0.39, 0.29) is 11.9 Å². The number of carbonyl (C=O) groups excluding carboxylic acids is 1. The number of carbonyl (C=O) groups is 1. The third-order valence-corrected chi connectivity index (χ3v) is 5.93. The van der Waals surface area contributed by atoms with E-state index in [1.165, 1.54) is 5.56 Å². The lowest BCUT2D eigenvalue weighted by Crippen LogP contribution is -2.31. The third kappa shape index (κ3) is 3.66. The Labute approximate surface area is 179 Å². The number of halogens is 2. The van der Waals surface area contributed by atoms with Gasteiger partial charge in [-0.2, -0.15) is 5.10 Å². The van der Waals surface area contributed by atoms with Gasteiger partial charge in [-0.25, -0.2) is 0 Å². The Morgan fingerprint density at radius 2 is 1.90 bits per heavy atom. The average Bonchev–Trinajstić information content (AvgIpc) is 3.25. The lowest BCUT2D eigenvalue weighted by atomic mass is 9.95. The van der Waals surface area contributed by atoms with Crippen molar-refractivity contribution >= 4 is 29.1 Å². The second kappa shape index (κ2) is 8.19. The quantitative estimate of drug-likeness (QED) is 0.542. The first-order chi connectivity index (χ1) is 14.0. The summed E-state index contributed by atoms with van der Waals surface area (Å²) in [6, 6.07) is 13.3. The highest BCUT2D eigenvalue weighted by Crippen LogP contribution is 2.43. The van der Waals surface area contributed by atoms with Crippen molar-refractivity contribution in [3.05, 3.63) is 74.9 Å². The molecule has 0 aliphatic carbocycles. The van der Waals surface area contributed by atoms with Crippen molar-refractivity contribution in [2.24, 2.45) is 0 Å². The van der Waals surface area contributed by atoms with Gasteiger partial charge in [0.15, 0.2) is 0 Å². The van der Waals surface area contributed by atoms with Crippen LogP contribution in [0.2, 0.25) is 10.0 Å². The summed E-state index contributed by atoms with van der Waals surface area (Å²) in [5.41, 5.74) is 5.20. The fourth-order valence-electron chi connectivity index (χ4n) is 3.77. The summed E-state index contributed by atoms with van der Waals surface area (Å²) >= 11 is 12.4. The molecule has 1 aliphatic rings. The number of fused-ring (bicyclic) bond motifs is 1. The van der Waals surface area contributed by atoms with E-state index in [1.54, 1.807) is 13.2 Å². The Morgan fingerprint density at radius 3 is 2.59 bits per heavy atom. The molecule has 7 heteroatoms. The van der Waals surface area contributed by atoms with Crippen LogP contribution in [-0.2, 0) is 4.74 Å². The molecule has 1 aliphatic heterocycles. The minimum absolute atomic E-state index is 0.0713. The highest BCUT2D eigenvalue weighted by Gasteiger charge is 2.42. The number of hydrogen-bond donors (Lipinski definition) is 1. The summed E-state index contributed by atoms with van der Waals surface area (Å²) in [5.74, 6) is -0.0713. The Morgan fingerprint density at radius 1 is 1.14 bits per heavy atom. The first-order valence-electron chi connectivity index (χ1n) is 9.41. The molecule has 1 aromatic heterocycles. The number of amides is 1. The van der Waals surface area contributed by atoms with Crippen molar-refractivity contribution in [1.29, 1.82) is 0 Å². The second-order valence-electron chi connectivity index (χ2n) is 7.15. The molecule has 2 heterocycles. The van der Waals surface area contributed by atoms with E-state index < -0.39 is 0 Å². The fraction of sp³-hybridized carbons (Fsp3) is 0.273. The Hall–Kier alpha value is -2.34. The van der Waals surface area contributed by atoms with Gasteiger partial charge in [0.1, 0.15) is 5.69 Å². The van der Waals surface area contributed by atoms with Crippen LogP contribution in [-0.4, -0.2) is 41.3 Å². The molecule has 2 aromatic carbocycles. The van der Waals surface area contributed by atoms with E-state index in [0.717, 1.165) is 28.8 Å². The minimum Gasteiger partial charge on any atom is -0.385 e.